The fraction of sp³-hybridized carbons (Fsp3) is 0.200. The van der Waals surface area contributed by atoms with Crippen molar-refractivity contribution >= 4 is 33.2 Å². The van der Waals surface area contributed by atoms with Gasteiger partial charge in [0.2, 0.25) is 0 Å². The van der Waals surface area contributed by atoms with Crippen molar-refractivity contribution in [2.45, 2.75) is 6.54 Å². The molecule has 0 radical (unpaired) electrons. The highest BCUT2D eigenvalue weighted by Gasteiger charge is 2.05. The van der Waals surface area contributed by atoms with E-state index in [0.717, 1.165) is 27.2 Å². The molecule has 1 N–H and O–H groups in total. The lowest BCUT2D eigenvalue weighted by Gasteiger charge is -2.12. The molecule has 0 spiro atoms. The van der Waals surface area contributed by atoms with Gasteiger partial charge in [-0.05, 0) is 30.3 Å². The summed E-state index contributed by atoms with van der Waals surface area (Å²) in [4.78, 5) is 0. The maximum atomic E-state index is 6.02. The molecule has 0 bridgehead atoms. The Kier molecular flexibility index (Phi) is 5.15. The fourth-order valence-electron chi connectivity index (χ4n) is 1.87. The zero-order chi connectivity index (χ0) is 14.5. The molecule has 0 saturated heterocycles. The summed E-state index contributed by atoms with van der Waals surface area (Å²) in [6.45, 7) is 0.614. The molecule has 0 aliphatic rings. The molecule has 0 fully saturated rings. The molecule has 5 heteroatoms. The molecule has 0 amide bonds. The average molecular weight is 357 g/mol. The van der Waals surface area contributed by atoms with Crippen molar-refractivity contribution in [1.29, 1.82) is 0 Å². The van der Waals surface area contributed by atoms with Gasteiger partial charge in [-0.1, -0.05) is 27.5 Å². The van der Waals surface area contributed by atoms with Gasteiger partial charge in [0.1, 0.15) is 11.5 Å². The Labute approximate surface area is 132 Å². The van der Waals surface area contributed by atoms with E-state index in [2.05, 4.69) is 21.2 Å². The van der Waals surface area contributed by atoms with Gasteiger partial charge in [-0.15, -0.1) is 0 Å². The molecule has 20 heavy (non-hydrogen) atoms. The van der Waals surface area contributed by atoms with Crippen LogP contribution < -0.4 is 14.8 Å². The molecular weight excluding hydrogens is 342 g/mol. The minimum Gasteiger partial charge on any atom is -0.497 e. The summed E-state index contributed by atoms with van der Waals surface area (Å²) < 4.78 is 11.5. The predicted octanol–water partition coefficient (Wildman–Crippen LogP) is 4.73. The summed E-state index contributed by atoms with van der Waals surface area (Å²) in [5.74, 6) is 1.60. The fourth-order valence-corrected chi connectivity index (χ4v) is 2.53. The number of halogens is 2. The summed E-state index contributed by atoms with van der Waals surface area (Å²) in [6, 6.07) is 11.4. The lowest BCUT2D eigenvalue weighted by molar-refractivity contribution is 0.410. The van der Waals surface area contributed by atoms with Crippen LogP contribution in [0.2, 0.25) is 5.02 Å². The van der Waals surface area contributed by atoms with Crippen LogP contribution in [0.1, 0.15) is 5.56 Å². The third kappa shape index (κ3) is 3.81. The van der Waals surface area contributed by atoms with Crippen molar-refractivity contribution in [3.8, 4) is 11.5 Å². The highest BCUT2D eigenvalue weighted by molar-refractivity contribution is 9.10. The van der Waals surface area contributed by atoms with Gasteiger partial charge in [-0.25, -0.2) is 0 Å². The van der Waals surface area contributed by atoms with E-state index in [1.165, 1.54) is 0 Å². The third-order valence-corrected chi connectivity index (χ3v) is 3.53. The molecular formula is C15H15BrClNO2. The number of methoxy groups -OCH3 is 2. The van der Waals surface area contributed by atoms with Crippen molar-refractivity contribution in [2.75, 3.05) is 19.5 Å². The van der Waals surface area contributed by atoms with E-state index < -0.39 is 0 Å². The van der Waals surface area contributed by atoms with E-state index >= 15 is 0 Å². The molecule has 0 unspecified atom stereocenters. The smallest absolute Gasteiger partial charge is 0.123 e. The Hall–Kier alpha value is -1.39. The second kappa shape index (κ2) is 6.86. The molecule has 0 heterocycles. The Morgan fingerprint density at radius 2 is 1.90 bits per heavy atom. The number of benzene rings is 2. The summed E-state index contributed by atoms with van der Waals surface area (Å²) >= 11 is 9.47. The van der Waals surface area contributed by atoms with Crippen molar-refractivity contribution in [3.05, 3.63) is 51.5 Å². The maximum Gasteiger partial charge on any atom is 0.123 e. The van der Waals surface area contributed by atoms with E-state index in [9.17, 15) is 0 Å². The Bertz CT molecular complexity index is 604. The quantitative estimate of drug-likeness (QED) is 0.840. The van der Waals surface area contributed by atoms with Crippen LogP contribution in [0.3, 0.4) is 0 Å². The second-order valence-electron chi connectivity index (χ2n) is 4.19. The minimum atomic E-state index is 0.614. The molecule has 0 saturated carbocycles. The number of hydrogen-bond acceptors (Lipinski definition) is 3. The van der Waals surface area contributed by atoms with Crippen LogP contribution in [-0.2, 0) is 6.54 Å². The normalized spacial score (nSPS) is 10.2. The predicted molar refractivity (Wildman–Crippen MR) is 86.0 cm³/mol. The molecule has 0 atom stereocenters. The Morgan fingerprint density at radius 1 is 1.10 bits per heavy atom. The Balaban J connectivity index is 2.16. The Morgan fingerprint density at radius 3 is 2.60 bits per heavy atom. The number of anilines is 1. The van der Waals surface area contributed by atoms with E-state index in [-0.39, 0.29) is 0 Å². The van der Waals surface area contributed by atoms with E-state index in [1.807, 2.05) is 36.4 Å². The third-order valence-electron chi connectivity index (χ3n) is 2.83. The van der Waals surface area contributed by atoms with Crippen molar-refractivity contribution < 1.29 is 9.47 Å². The molecule has 0 aliphatic carbocycles. The maximum absolute atomic E-state index is 6.02. The van der Waals surface area contributed by atoms with Crippen molar-refractivity contribution in [2.24, 2.45) is 0 Å². The van der Waals surface area contributed by atoms with Gasteiger partial charge >= 0.3 is 0 Å². The summed E-state index contributed by atoms with van der Waals surface area (Å²) in [7, 11) is 3.29. The van der Waals surface area contributed by atoms with Crippen molar-refractivity contribution in [3.63, 3.8) is 0 Å². The lowest BCUT2D eigenvalue weighted by Crippen LogP contribution is -2.02. The molecule has 0 aliphatic heterocycles. The van der Waals surface area contributed by atoms with Gasteiger partial charge in [-0.2, -0.15) is 0 Å². The number of nitrogens with one attached hydrogen (secondary N) is 1. The molecule has 106 valence electrons. The van der Waals surface area contributed by atoms with Crippen LogP contribution in [0, 0.1) is 0 Å². The van der Waals surface area contributed by atoms with Crippen LogP contribution in [0.4, 0.5) is 5.69 Å². The minimum absolute atomic E-state index is 0.614. The lowest BCUT2D eigenvalue weighted by atomic mass is 10.2. The highest BCUT2D eigenvalue weighted by atomic mass is 79.9. The monoisotopic (exact) mass is 355 g/mol. The largest absolute Gasteiger partial charge is 0.497 e. The molecule has 2 aromatic rings. The summed E-state index contributed by atoms with van der Waals surface area (Å²) in [6.07, 6.45) is 0. The summed E-state index contributed by atoms with van der Waals surface area (Å²) in [5, 5.41) is 4.02. The summed E-state index contributed by atoms with van der Waals surface area (Å²) in [5.41, 5.74) is 1.96. The molecule has 3 nitrogen and oxygen atoms in total. The zero-order valence-electron chi connectivity index (χ0n) is 11.2. The number of rotatable bonds is 5. The molecule has 2 rings (SSSR count). The molecule has 0 aromatic heterocycles. The van der Waals surface area contributed by atoms with Crippen LogP contribution in [0.5, 0.6) is 11.5 Å². The SMILES string of the molecule is COc1cc(Br)cc(NCc2cc(Cl)ccc2OC)c1. The van der Waals surface area contributed by atoms with Gasteiger partial charge in [0.05, 0.1) is 14.2 Å². The first-order valence-corrected chi connectivity index (χ1v) is 7.20. The topological polar surface area (TPSA) is 30.5 Å². The van der Waals surface area contributed by atoms with Gasteiger partial charge < -0.3 is 14.8 Å². The average Bonchev–Trinajstić information content (AvgIpc) is 2.44. The van der Waals surface area contributed by atoms with Gasteiger partial charge in [0.25, 0.3) is 0 Å². The van der Waals surface area contributed by atoms with Crippen LogP contribution in [0.15, 0.2) is 40.9 Å². The van der Waals surface area contributed by atoms with Gasteiger partial charge in [-0.3, -0.25) is 0 Å². The van der Waals surface area contributed by atoms with Crippen LogP contribution in [0.25, 0.3) is 0 Å². The number of hydrogen-bond donors (Lipinski definition) is 1. The first-order chi connectivity index (χ1) is 9.62. The van der Waals surface area contributed by atoms with Crippen LogP contribution >= 0.6 is 27.5 Å². The standard InChI is InChI=1S/C15H15BrClNO2/c1-19-14-7-11(16)6-13(8-14)18-9-10-5-12(17)3-4-15(10)20-2/h3-8,18H,9H2,1-2H3. The van der Waals surface area contributed by atoms with Gasteiger partial charge in [0, 0.05) is 33.4 Å². The number of ether oxygens (including phenoxy) is 2. The van der Waals surface area contributed by atoms with E-state index in [4.69, 9.17) is 21.1 Å². The zero-order valence-corrected chi connectivity index (χ0v) is 13.6. The first kappa shape index (κ1) is 15.0. The van der Waals surface area contributed by atoms with Gasteiger partial charge in [0.15, 0.2) is 0 Å². The molecule has 2 aromatic carbocycles. The van der Waals surface area contributed by atoms with E-state index in [1.54, 1.807) is 14.2 Å². The first-order valence-electron chi connectivity index (χ1n) is 6.03. The van der Waals surface area contributed by atoms with Crippen molar-refractivity contribution in [1.82, 2.24) is 0 Å². The second-order valence-corrected chi connectivity index (χ2v) is 5.54. The van der Waals surface area contributed by atoms with E-state index in [0.29, 0.717) is 11.6 Å². The highest BCUT2D eigenvalue weighted by Crippen LogP contribution is 2.27. The van der Waals surface area contributed by atoms with Crippen LogP contribution in [-0.4, -0.2) is 14.2 Å².